The highest BCUT2D eigenvalue weighted by molar-refractivity contribution is 5.94. The van der Waals surface area contributed by atoms with Gasteiger partial charge in [-0.15, -0.1) is 0 Å². The molecule has 4 rings (SSSR count). The first-order valence-electron chi connectivity index (χ1n) is 9.90. The van der Waals surface area contributed by atoms with E-state index in [1.165, 1.54) is 37.7 Å². The number of allylic oxidation sites excluding steroid dienone is 2. The number of amides is 1. The van der Waals surface area contributed by atoms with Gasteiger partial charge in [-0.25, -0.2) is 0 Å². The van der Waals surface area contributed by atoms with Crippen LogP contribution >= 0.6 is 0 Å². The first-order chi connectivity index (χ1) is 12.2. The second-order valence-electron chi connectivity index (χ2n) is 8.20. The van der Waals surface area contributed by atoms with Gasteiger partial charge >= 0.3 is 0 Å². The minimum Gasteiger partial charge on any atom is -0.492 e. The molecule has 1 aliphatic carbocycles. The summed E-state index contributed by atoms with van der Waals surface area (Å²) < 4.78 is 5.98. The zero-order chi connectivity index (χ0) is 17.3. The summed E-state index contributed by atoms with van der Waals surface area (Å²) in [6.45, 7) is 4.82. The van der Waals surface area contributed by atoms with Gasteiger partial charge in [0, 0.05) is 29.6 Å². The van der Waals surface area contributed by atoms with Crippen LogP contribution in [0.4, 0.5) is 0 Å². The molecule has 1 aromatic rings. The van der Waals surface area contributed by atoms with E-state index in [4.69, 9.17) is 4.74 Å². The van der Waals surface area contributed by atoms with Crippen molar-refractivity contribution >= 4 is 5.91 Å². The molecule has 134 valence electrons. The van der Waals surface area contributed by atoms with Crippen LogP contribution in [0.15, 0.2) is 29.8 Å². The maximum atomic E-state index is 12.9. The van der Waals surface area contributed by atoms with Gasteiger partial charge in [0.1, 0.15) is 5.75 Å². The van der Waals surface area contributed by atoms with Crippen LogP contribution in [0.5, 0.6) is 5.75 Å². The average Bonchev–Trinajstić information content (AvgIpc) is 2.99. The van der Waals surface area contributed by atoms with Crippen molar-refractivity contribution in [2.24, 2.45) is 0 Å². The first-order valence-corrected chi connectivity index (χ1v) is 9.90. The molecule has 3 heteroatoms. The molecule has 1 aromatic carbocycles. The van der Waals surface area contributed by atoms with Crippen LogP contribution in [0.3, 0.4) is 0 Å². The lowest BCUT2D eigenvalue weighted by Crippen LogP contribution is -2.35. The second-order valence-corrected chi connectivity index (χ2v) is 8.20. The van der Waals surface area contributed by atoms with E-state index in [0.29, 0.717) is 0 Å². The van der Waals surface area contributed by atoms with Gasteiger partial charge in [0.05, 0.1) is 6.61 Å². The number of likely N-dealkylation sites (tertiary alicyclic amines) is 1. The standard InChI is InChI=1S/C22H29NO2/c1-22(15-17-8-4-2-5-9-17)16-25-20-11-10-18(14-19(20)22)21(24)23-12-6-3-7-13-23/h8,10-11,14H,2-7,9,12-13,15-16H2,1H3/t22-/m0/s1. The predicted octanol–water partition coefficient (Wildman–Crippen LogP) is 4.85. The highest BCUT2D eigenvalue weighted by atomic mass is 16.5. The highest BCUT2D eigenvalue weighted by Gasteiger charge is 2.37. The summed E-state index contributed by atoms with van der Waals surface area (Å²) >= 11 is 0. The van der Waals surface area contributed by atoms with Crippen molar-refractivity contribution in [1.82, 2.24) is 4.90 Å². The van der Waals surface area contributed by atoms with Gasteiger partial charge in [0.2, 0.25) is 0 Å². The number of hydrogen-bond donors (Lipinski definition) is 0. The Morgan fingerprint density at radius 1 is 1.16 bits per heavy atom. The molecular formula is C22H29NO2. The van der Waals surface area contributed by atoms with Crippen molar-refractivity contribution in [2.75, 3.05) is 19.7 Å². The van der Waals surface area contributed by atoms with E-state index in [-0.39, 0.29) is 11.3 Å². The molecule has 0 saturated carbocycles. The molecule has 0 radical (unpaired) electrons. The number of hydrogen-bond acceptors (Lipinski definition) is 2. The molecule has 1 fully saturated rings. The second kappa shape index (κ2) is 6.86. The zero-order valence-electron chi connectivity index (χ0n) is 15.4. The Kier molecular flexibility index (Phi) is 4.58. The summed E-state index contributed by atoms with van der Waals surface area (Å²) in [6.07, 6.45) is 12.1. The third-order valence-corrected chi connectivity index (χ3v) is 6.07. The van der Waals surface area contributed by atoms with Gasteiger partial charge in [-0.1, -0.05) is 18.6 Å². The van der Waals surface area contributed by atoms with Crippen LogP contribution in [0, 0.1) is 0 Å². The average molecular weight is 339 g/mol. The van der Waals surface area contributed by atoms with Crippen molar-refractivity contribution in [3.05, 3.63) is 41.0 Å². The highest BCUT2D eigenvalue weighted by Crippen LogP contribution is 2.44. The number of fused-ring (bicyclic) bond motifs is 1. The van der Waals surface area contributed by atoms with E-state index in [9.17, 15) is 4.79 Å². The molecule has 0 aromatic heterocycles. The largest absolute Gasteiger partial charge is 0.492 e. The fourth-order valence-electron chi connectivity index (χ4n) is 4.57. The van der Waals surface area contributed by atoms with Gasteiger partial charge in [-0.2, -0.15) is 0 Å². The molecule has 25 heavy (non-hydrogen) atoms. The minimum absolute atomic E-state index is 0.00328. The first kappa shape index (κ1) is 16.7. The lowest BCUT2D eigenvalue weighted by atomic mass is 9.76. The number of piperidine rings is 1. The lowest BCUT2D eigenvalue weighted by molar-refractivity contribution is 0.0724. The Morgan fingerprint density at radius 2 is 2.00 bits per heavy atom. The van der Waals surface area contributed by atoms with Crippen molar-refractivity contribution in [3.63, 3.8) is 0 Å². The number of benzene rings is 1. The Labute approximate surface area is 151 Å². The van der Waals surface area contributed by atoms with Gasteiger partial charge in [-0.05, 0) is 69.6 Å². The summed E-state index contributed by atoms with van der Waals surface area (Å²) in [5.41, 5.74) is 3.62. The predicted molar refractivity (Wildman–Crippen MR) is 100 cm³/mol. The van der Waals surface area contributed by atoms with Crippen LogP contribution in [0.25, 0.3) is 0 Å². The van der Waals surface area contributed by atoms with Crippen molar-refractivity contribution in [3.8, 4) is 5.75 Å². The van der Waals surface area contributed by atoms with Crippen LogP contribution in [-0.4, -0.2) is 30.5 Å². The normalized spacial score (nSPS) is 26.0. The number of carbonyl (C=O) groups excluding carboxylic acids is 1. The maximum Gasteiger partial charge on any atom is 0.253 e. The number of ether oxygens (including phenoxy) is 1. The fraction of sp³-hybridized carbons (Fsp3) is 0.591. The SMILES string of the molecule is C[C@]1(CC2=CCCCC2)COc2ccc(C(=O)N3CCCCC3)cc21. The Hall–Kier alpha value is -1.77. The molecule has 2 heterocycles. The van der Waals surface area contributed by atoms with Gasteiger partial charge in [0.15, 0.2) is 0 Å². The summed E-state index contributed by atoms with van der Waals surface area (Å²) in [6, 6.07) is 6.07. The van der Waals surface area contributed by atoms with E-state index in [1.807, 2.05) is 17.0 Å². The number of nitrogens with zero attached hydrogens (tertiary/aromatic N) is 1. The van der Waals surface area contributed by atoms with Gasteiger partial charge in [0.25, 0.3) is 5.91 Å². The quantitative estimate of drug-likeness (QED) is 0.737. The molecule has 3 aliphatic rings. The third-order valence-electron chi connectivity index (χ3n) is 6.07. The van der Waals surface area contributed by atoms with E-state index in [2.05, 4.69) is 19.1 Å². The molecule has 0 unspecified atom stereocenters. The molecule has 1 saturated heterocycles. The Balaban J connectivity index is 1.58. The fourth-order valence-corrected chi connectivity index (χ4v) is 4.57. The smallest absolute Gasteiger partial charge is 0.253 e. The van der Waals surface area contributed by atoms with Crippen molar-refractivity contribution in [2.45, 2.75) is 63.7 Å². The number of carbonyl (C=O) groups is 1. The van der Waals surface area contributed by atoms with Crippen LogP contribution in [0.1, 0.15) is 74.2 Å². The van der Waals surface area contributed by atoms with Crippen molar-refractivity contribution < 1.29 is 9.53 Å². The monoisotopic (exact) mass is 339 g/mol. The molecule has 1 amide bonds. The molecule has 0 spiro atoms. The van der Waals surface area contributed by atoms with Crippen LogP contribution < -0.4 is 4.74 Å². The van der Waals surface area contributed by atoms with E-state index in [1.54, 1.807) is 5.57 Å². The van der Waals surface area contributed by atoms with Crippen LogP contribution in [0.2, 0.25) is 0 Å². The molecule has 1 atom stereocenters. The Morgan fingerprint density at radius 3 is 2.76 bits per heavy atom. The van der Waals surface area contributed by atoms with E-state index >= 15 is 0 Å². The molecule has 2 aliphatic heterocycles. The molecule has 3 nitrogen and oxygen atoms in total. The summed E-state index contributed by atoms with van der Waals surface area (Å²) in [5, 5.41) is 0. The number of rotatable bonds is 3. The Bertz CT molecular complexity index is 687. The topological polar surface area (TPSA) is 29.5 Å². The lowest BCUT2D eigenvalue weighted by Gasteiger charge is -2.28. The van der Waals surface area contributed by atoms with E-state index in [0.717, 1.165) is 50.3 Å². The summed E-state index contributed by atoms with van der Waals surface area (Å²) in [4.78, 5) is 14.9. The van der Waals surface area contributed by atoms with Crippen molar-refractivity contribution in [1.29, 1.82) is 0 Å². The van der Waals surface area contributed by atoms with Crippen LogP contribution in [-0.2, 0) is 5.41 Å². The summed E-state index contributed by atoms with van der Waals surface area (Å²) in [5.74, 6) is 1.16. The molecular weight excluding hydrogens is 310 g/mol. The van der Waals surface area contributed by atoms with Gasteiger partial charge in [-0.3, -0.25) is 4.79 Å². The maximum absolute atomic E-state index is 12.9. The van der Waals surface area contributed by atoms with Gasteiger partial charge < -0.3 is 9.64 Å². The zero-order valence-corrected chi connectivity index (χ0v) is 15.4. The molecule has 0 bridgehead atoms. The molecule has 0 N–H and O–H groups in total. The minimum atomic E-state index is -0.00328. The van der Waals surface area contributed by atoms with E-state index < -0.39 is 0 Å². The summed E-state index contributed by atoms with van der Waals surface area (Å²) in [7, 11) is 0. The third kappa shape index (κ3) is 3.33.